The van der Waals surface area contributed by atoms with Gasteiger partial charge in [0.1, 0.15) is 5.82 Å². The van der Waals surface area contributed by atoms with E-state index in [1.807, 2.05) is 0 Å². The SMILES string of the molecule is c1ccc(-c2cccc(-c3cc(-n4c5ccccc5c5c4ccc4c6ccccc6n(-c6ccccc6)c45)nc(-c4cccc(-c5ccccc5)c4)n3)c2)cc1. The molecule has 0 saturated heterocycles. The number of benzene rings is 8. The lowest BCUT2D eigenvalue weighted by Gasteiger charge is -2.13. The molecule has 4 nitrogen and oxygen atoms in total. The van der Waals surface area contributed by atoms with Gasteiger partial charge in [0.25, 0.3) is 0 Å². The Morgan fingerprint density at radius 1 is 0.321 bits per heavy atom. The molecule has 0 N–H and O–H groups in total. The highest BCUT2D eigenvalue weighted by Gasteiger charge is 2.22. The van der Waals surface area contributed by atoms with Gasteiger partial charge in [0, 0.05) is 44.4 Å². The molecule has 0 unspecified atom stereocenters. The minimum Gasteiger partial charge on any atom is -0.309 e. The van der Waals surface area contributed by atoms with Crippen molar-refractivity contribution in [1.82, 2.24) is 19.1 Å². The highest BCUT2D eigenvalue weighted by Crippen LogP contribution is 2.42. The standard InChI is InChI=1S/C52H34N4/c1-4-16-35(17-5-1)37-20-14-22-39(32-37)45-34-49(54-52(53-45)40-23-15-21-38(33-40)36-18-6-2-7-19-36)56-47-29-13-11-27-44(47)50-48(56)31-30-43-42-26-10-12-28-46(42)55(51(43)50)41-24-8-3-9-25-41/h1-34H. The largest absolute Gasteiger partial charge is 0.309 e. The van der Waals surface area contributed by atoms with Crippen LogP contribution in [0.15, 0.2) is 206 Å². The molecule has 262 valence electrons. The molecule has 56 heavy (non-hydrogen) atoms. The summed E-state index contributed by atoms with van der Waals surface area (Å²) in [6.07, 6.45) is 0. The molecule has 11 rings (SSSR count). The highest BCUT2D eigenvalue weighted by molar-refractivity contribution is 6.26. The van der Waals surface area contributed by atoms with Gasteiger partial charge in [-0.1, -0.05) is 158 Å². The van der Waals surface area contributed by atoms with Crippen LogP contribution in [0.25, 0.3) is 100 Å². The zero-order chi connectivity index (χ0) is 37.0. The van der Waals surface area contributed by atoms with E-state index in [-0.39, 0.29) is 0 Å². The van der Waals surface area contributed by atoms with Crippen molar-refractivity contribution in [3.8, 4) is 56.4 Å². The van der Waals surface area contributed by atoms with E-state index in [4.69, 9.17) is 9.97 Å². The smallest absolute Gasteiger partial charge is 0.162 e. The number of rotatable bonds is 6. The fourth-order valence-electron chi connectivity index (χ4n) is 8.38. The first-order chi connectivity index (χ1) is 27.8. The molecule has 0 spiro atoms. The third-order valence-electron chi connectivity index (χ3n) is 10.9. The van der Waals surface area contributed by atoms with Crippen LogP contribution in [0.1, 0.15) is 0 Å². The molecule has 0 fully saturated rings. The van der Waals surface area contributed by atoms with Gasteiger partial charge in [0.05, 0.1) is 27.8 Å². The lowest BCUT2D eigenvalue weighted by atomic mass is 10.0. The maximum Gasteiger partial charge on any atom is 0.162 e. The molecule has 3 heterocycles. The summed E-state index contributed by atoms with van der Waals surface area (Å²) in [5.41, 5.74) is 13.1. The summed E-state index contributed by atoms with van der Waals surface area (Å²) in [6.45, 7) is 0. The molecular formula is C52H34N4. The van der Waals surface area contributed by atoms with Gasteiger partial charge in [-0.05, 0) is 64.7 Å². The molecule has 8 aromatic carbocycles. The molecule has 0 aliphatic heterocycles. The first kappa shape index (κ1) is 31.9. The highest BCUT2D eigenvalue weighted by atomic mass is 15.1. The van der Waals surface area contributed by atoms with Gasteiger partial charge in [-0.15, -0.1) is 0 Å². The van der Waals surface area contributed by atoms with E-state index in [1.54, 1.807) is 0 Å². The number of nitrogens with zero attached hydrogens (tertiary/aromatic N) is 4. The number of para-hydroxylation sites is 3. The van der Waals surface area contributed by atoms with Gasteiger partial charge in [-0.3, -0.25) is 4.57 Å². The summed E-state index contributed by atoms with van der Waals surface area (Å²) in [5, 5.41) is 4.82. The van der Waals surface area contributed by atoms with Gasteiger partial charge in [0.2, 0.25) is 0 Å². The van der Waals surface area contributed by atoms with Crippen molar-refractivity contribution in [1.29, 1.82) is 0 Å². The predicted octanol–water partition coefficient (Wildman–Crippen LogP) is 13.3. The number of fused-ring (bicyclic) bond motifs is 7. The third kappa shape index (κ3) is 5.23. The van der Waals surface area contributed by atoms with Crippen molar-refractivity contribution in [3.05, 3.63) is 206 Å². The molecule has 0 amide bonds. The average Bonchev–Trinajstić information content (AvgIpc) is 3.80. The van der Waals surface area contributed by atoms with E-state index < -0.39 is 0 Å². The molecular weight excluding hydrogens is 681 g/mol. The fraction of sp³-hybridized carbons (Fsp3) is 0. The monoisotopic (exact) mass is 714 g/mol. The molecule has 11 aromatic rings. The van der Waals surface area contributed by atoms with Crippen molar-refractivity contribution < 1.29 is 0 Å². The van der Waals surface area contributed by atoms with Crippen LogP contribution in [0.2, 0.25) is 0 Å². The molecule has 0 bridgehead atoms. The van der Waals surface area contributed by atoms with Crippen LogP contribution in [-0.2, 0) is 0 Å². The minimum atomic E-state index is 0.672. The van der Waals surface area contributed by atoms with Crippen molar-refractivity contribution in [2.75, 3.05) is 0 Å². The Morgan fingerprint density at radius 2 is 0.857 bits per heavy atom. The van der Waals surface area contributed by atoms with Gasteiger partial charge in [-0.2, -0.15) is 0 Å². The predicted molar refractivity (Wildman–Crippen MR) is 232 cm³/mol. The molecule has 0 aliphatic carbocycles. The summed E-state index contributed by atoms with van der Waals surface area (Å²) < 4.78 is 4.75. The van der Waals surface area contributed by atoms with Crippen LogP contribution < -0.4 is 0 Å². The van der Waals surface area contributed by atoms with E-state index in [1.165, 1.54) is 38.1 Å². The van der Waals surface area contributed by atoms with Crippen LogP contribution in [0.3, 0.4) is 0 Å². The van der Waals surface area contributed by atoms with Crippen LogP contribution in [0, 0.1) is 0 Å². The Labute approximate surface area is 324 Å². The van der Waals surface area contributed by atoms with Crippen molar-refractivity contribution >= 4 is 43.6 Å². The average molecular weight is 715 g/mol. The van der Waals surface area contributed by atoms with Gasteiger partial charge in [-0.25, -0.2) is 9.97 Å². The second kappa shape index (κ2) is 13.1. The van der Waals surface area contributed by atoms with E-state index in [0.717, 1.165) is 56.0 Å². The topological polar surface area (TPSA) is 35.6 Å². The van der Waals surface area contributed by atoms with E-state index >= 15 is 0 Å². The van der Waals surface area contributed by atoms with Crippen LogP contribution in [0.5, 0.6) is 0 Å². The zero-order valence-corrected chi connectivity index (χ0v) is 30.4. The van der Waals surface area contributed by atoms with E-state index in [9.17, 15) is 0 Å². The Bertz CT molecular complexity index is 3130. The Kier molecular flexibility index (Phi) is 7.46. The second-order valence-electron chi connectivity index (χ2n) is 14.2. The second-order valence-corrected chi connectivity index (χ2v) is 14.2. The zero-order valence-electron chi connectivity index (χ0n) is 30.4. The van der Waals surface area contributed by atoms with E-state index in [2.05, 4.69) is 215 Å². The van der Waals surface area contributed by atoms with Crippen molar-refractivity contribution in [2.45, 2.75) is 0 Å². The van der Waals surface area contributed by atoms with Gasteiger partial charge in [0.15, 0.2) is 5.82 Å². The summed E-state index contributed by atoms with van der Waals surface area (Å²) in [5.74, 6) is 1.49. The van der Waals surface area contributed by atoms with Gasteiger partial charge >= 0.3 is 0 Å². The lowest BCUT2D eigenvalue weighted by molar-refractivity contribution is 1.05. The maximum atomic E-state index is 5.44. The minimum absolute atomic E-state index is 0.672. The van der Waals surface area contributed by atoms with Crippen LogP contribution in [0.4, 0.5) is 0 Å². The Balaban J connectivity index is 1.21. The van der Waals surface area contributed by atoms with Crippen molar-refractivity contribution in [2.24, 2.45) is 0 Å². The summed E-state index contributed by atoms with van der Waals surface area (Å²) >= 11 is 0. The fourth-order valence-corrected chi connectivity index (χ4v) is 8.38. The molecule has 0 aliphatic rings. The summed E-state index contributed by atoms with van der Waals surface area (Å²) in [6, 6.07) is 73.1. The molecule has 4 heteroatoms. The van der Waals surface area contributed by atoms with Gasteiger partial charge < -0.3 is 4.57 Å². The first-order valence-corrected chi connectivity index (χ1v) is 19.0. The molecule has 0 atom stereocenters. The third-order valence-corrected chi connectivity index (χ3v) is 10.9. The van der Waals surface area contributed by atoms with Crippen molar-refractivity contribution in [3.63, 3.8) is 0 Å². The molecule has 0 radical (unpaired) electrons. The molecule has 0 saturated carbocycles. The summed E-state index contributed by atoms with van der Waals surface area (Å²) in [7, 11) is 0. The van der Waals surface area contributed by atoms with Crippen LogP contribution in [-0.4, -0.2) is 19.1 Å². The lowest BCUT2D eigenvalue weighted by Crippen LogP contribution is -2.02. The Hall–Kier alpha value is -7.56. The Morgan fingerprint density at radius 3 is 1.55 bits per heavy atom. The first-order valence-electron chi connectivity index (χ1n) is 19.0. The van der Waals surface area contributed by atoms with E-state index in [0.29, 0.717) is 5.82 Å². The quantitative estimate of drug-likeness (QED) is 0.172. The van der Waals surface area contributed by atoms with Crippen LogP contribution >= 0.6 is 0 Å². The number of aromatic nitrogens is 4. The maximum absolute atomic E-state index is 5.44. The molecule has 3 aromatic heterocycles. The normalized spacial score (nSPS) is 11.6. The number of hydrogen-bond acceptors (Lipinski definition) is 2. The summed E-state index contributed by atoms with van der Waals surface area (Å²) in [4.78, 5) is 10.8. The number of hydrogen-bond donors (Lipinski definition) is 0.